The Morgan fingerprint density at radius 2 is 2.36 bits per heavy atom. The van der Waals surface area contributed by atoms with Crippen LogP contribution in [0.25, 0.3) is 0 Å². The molecule has 0 spiro atoms. The van der Waals surface area contributed by atoms with E-state index in [0.717, 1.165) is 12.4 Å². The van der Waals surface area contributed by atoms with Crippen molar-refractivity contribution in [2.75, 3.05) is 25.5 Å². The van der Waals surface area contributed by atoms with Crippen molar-refractivity contribution in [2.24, 2.45) is 0 Å². The maximum atomic E-state index is 11.4. The standard InChI is InChI=1S/C10H15N3O/c1-3-13(2)10(14)8-12-9-6-4-5-7-11-9/h4-7H,3,8H2,1-2H3,(H,11,12). The number of carbonyl (C=O) groups is 1. The fourth-order valence-corrected chi connectivity index (χ4v) is 0.945. The minimum Gasteiger partial charge on any atom is -0.361 e. The Labute approximate surface area is 83.9 Å². The zero-order chi connectivity index (χ0) is 10.4. The van der Waals surface area contributed by atoms with Gasteiger partial charge in [0, 0.05) is 19.8 Å². The molecule has 76 valence electrons. The number of pyridine rings is 1. The average molecular weight is 193 g/mol. The minimum atomic E-state index is 0.0677. The van der Waals surface area contributed by atoms with Crippen LogP contribution in [0.4, 0.5) is 5.82 Å². The number of hydrogen-bond acceptors (Lipinski definition) is 3. The zero-order valence-corrected chi connectivity index (χ0v) is 8.53. The maximum absolute atomic E-state index is 11.4. The molecule has 0 bridgehead atoms. The van der Waals surface area contributed by atoms with Gasteiger partial charge in [-0.2, -0.15) is 0 Å². The second-order valence-electron chi connectivity index (χ2n) is 2.98. The SMILES string of the molecule is CCN(C)C(=O)CNc1ccccn1. The van der Waals surface area contributed by atoms with Gasteiger partial charge in [0.05, 0.1) is 6.54 Å². The molecule has 0 aromatic carbocycles. The van der Waals surface area contributed by atoms with E-state index in [4.69, 9.17) is 0 Å². The Hall–Kier alpha value is -1.58. The highest BCUT2D eigenvalue weighted by atomic mass is 16.2. The summed E-state index contributed by atoms with van der Waals surface area (Å²) in [6.45, 7) is 2.96. The number of nitrogens with zero attached hydrogens (tertiary/aromatic N) is 2. The first-order valence-electron chi connectivity index (χ1n) is 4.63. The predicted octanol–water partition coefficient (Wildman–Crippen LogP) is 0.972. The smallest absolute Gasteiger partial charge is 0.241 e. The Morgan fingerprint density at radius 3 is 2.93 bits per heavy atom. The molecule has 4 heteroatoms. The zero-order valence-electron chi connectivity index (χ0n) is 8.53. The Morgan fingerprint density at radius 1 is 1.57 bits per heavy atom. The summed E-state index contributed by atoms with van der Waals surface area (Å²) in [5, 5.41) is 2.96. The third kappa shape index (κ3) is 3.05. The molecule has 0 aliphatic heterocycles. The number of nitrogens with one attached hydrogen (secondary N) is 1. The van der Waals surface area contributed by atoms with Crippen LogP contribution in [0.1, 0.15) is 6.92 Å². The number of hydrogen-bond donors (Lipinski definition) is 1. The molecule has 1 heterocycles. The van der Waals surface area contributed by atoms with Crippen LogP contribution in [0.15, 0.2) is 24.4 Å². The molecule has 0 unspecified atom stereocenters. The first kappa shape index (κ1) is 10.5. The molecule has 1 aromatic heterocycles. The monoisotopic (exact) mass is 193 g/mol. The van der Waals surface area contributed by atoms with Crippen LogP contribution >= 0.6 is 0 Å². The average Bonchev–Trinajstić information content (AvgIpc) is 2.26. The molecule has 0 atom stereocenters. The summed E-state index contributed by atoms with van der Waals surface area (Å²) in [6, 6.07) is 5.55. The van der Waals surface area contributed by atoms with Crippen molar-refractivity contribution in [3.63, 3.8) is 0 Å². The molecule has 0 radical (unpaired) electrons. The van der Waals surface area contributed by atoms with Crippen molar-refractivity contribution in [2.45, 2.75) is 6.92 Å². The molecule has 1 N–H and O–H groups in total. The molecule has 4 nitrogen and oxygen atoms in total. The van der Waals surface area contributed by atoms with Gasteiger partial charge in [-0.3, -0.25) is 4.79 Å². The van der Waals surface area contributed by atoms with Crippen LogP contribution in [0.3, 0.4) is 0 Å². The third-order valence-electron chi connectivity index (χ3n) is 1.99. The summed E-state index contributed by atoms with van der Waals surface area (Å²) in [5.41, 5.74) is 0. The van der Waals surface area contributed by atoms with Gasteiger partial charge >= 0.3 is 0 Å². The van der Waals surface area contributed by atoms with Crippen molar-refractivity contribution >= 4 is 11.7 Å². The van der Waals surface area contributed by atoms with E-state index in [1.165, 1.54) is 0 Å². The third-order valence-corrected chi connectivity index (χ3v) is 1.99. The van der Waals surface area contributed by atoms with Gasteiger partial charge < -0.3 is 10.2 Å². The van der Waals surface area contributed by atoms with E-state index >= 15 is 0 Å². The number of anilines is 1. The van der Waals surface area contributed by atoms with Gasteiger partial charge in [-0.05, 0) is 19.1 Å². The molecule has 0 aliphatic carbocycles. The molecule has 1 amide bonds. The van der Waals surface area contributed by atoms with E-state index in [9.17, 15) is 4.79 Å². The summed E-state index contributed by atoms with van der Waals surface area (Å²) in [6.07, 6.45) is 1.69. The minimum absolute atomic E-state index is 0.0677. The summed E-state index contributed by atoms with van der Waals surface area (Å²) in [4.78, 5) is 17.1. The van der Waals surface area contributed by atoms with Gasteiger partial charge in [0.2, 0.25) is 5.91 Å². The van der Waals surface area contributed by atoms with Crippen LogP contribution in [-0.2, 0) is 4.79 Å². The fourth-order valence-electron chi connectivity index (χ4n) is 0.945. The van der Waals surface area contributed by atoms with Crippen LogP contribution in [0, 0.1) is 0 Å². The normalized spacial score (nSPS) is 9.57. The Kier molecular flexibility index (Phi) is 3.91. The van der Waals surface area contributed by atoms with Gasteiger partial charge in [-0.15, -0.1) is 0 Å². The topological polar surface area (TPSA) is 45.2 Å². The lowest BCUT2D eigenvalue weighted by Gasteiger charge is -2.14. The first-order valence-corrected chi connectivity index (χ1v) is 4.63. The van der Waals surface area contributed by atoms with E-state index in [-0.39, 0.29) is 5.91 Å². The number of rotatable bonds is 4. The second kappa shape index (κ2) is 5.21. The van der Waals surface area contributed by atoms with Gasteiger partial charge in [0.25, 0.3) is 0 Å². The number of aromatic nitrogens is 1. The molecule has 0 saturated carbocycles. The van der Waals surface area contributed by atoms with Gasteiger partial charge in [-0.25, -0.2) is 4.98 Å². The molecule has 0 fully saturated rings. The summed E-state index contributed by atoms with van der Waals surface area (Å²) in [5.74, 6) is 0.795. The van der Waals surface area contributed by atoms with Gasteiger partial charge in [0.15, 0.2) is 0 Å². The molecule has 1 aromatic rings. The van der Waals surface area contributed by atoms with Crippen LogP contribution in [0.5, 0.6) is 0 Å². The lowest BCUT2D eigenvalue weighted by Crippen LogP contribution is -2.31. The van der Waals surface area contributed by atoms with Crippen LogP contribution < -0.4 is 5.32 Å². The molecule has 1 rings (SSSR count). The highest BCUT2D eigenvalue weighted by Crippen LogP contribution is 1.98. The van der Waals surface area contributed by atoms with Gasteiger partial charge in [0.1, 0.15) is 5.82 Å². The lowest BCUT2D eigenvalue weighted by atomic mass is 10.4. The number of carbonyl (C=O) groups excluding carboxylic acids is 1. The quantitative estimate of drug-likeness (QED) is 0.775. The maximum Gasteiger partial charge on any atom is 0.241 e. The van der Waals surface area contributed by atoms with Crippen molar-refractivity contribution in [1.29, 1.82) is 0 Å². The predicted molar refractivity (Wildman–Crippen MR) is 56.0 cm³/mol. The number of likely N-dealkylation sites (N-methyl/N-ethyl adjacent to an activating group) is 1. The molecular formula is C10H15N3O. The fraction of sp³-hybridized carbons (Fsp3) is 0.400. The van der Waals surface area contributed by atoms with Crippen molar-refractivity contribution in [1.82, 2.24) is 9.88 Å². The molecular weight excluding hydrogens is 178 g/mol. The van der Waals surface area contributed by atoms with E-state index in [1.54, 1.807) is 18.1 Å². The van der Waals surface area contributed by atoms with E-state index < -0.39 is 0 Å². The first-order chi connectivity index (χ1) is 6.74. The number of amides is 1. The van der Waals surface area contributed by atoms with Gasteiger partial charge in [-0.1, -0.05) is 6.07 Å². The summed E-state index contributed by atoms with van der Waals surface area (Å²) in [7, 11) is 1.78. The Balaban J connectivity index is 2.38. The van der Waals surface area contributed by atoms with Crippen molar-refractivity contribution < 1.29 is 4.79 Å². The highest BCUT2D eigenvalue weighted by Gasteiger charge is 2.05. The Bertz CT molecular complexity index is 287. The lowest BCUT2D eigenvalue weighted by molar-refractivity contribution is -0.127. The highest BCUT2D eigenvalue weighted by molar-refractivity contribution is 5.80. The molecule has 0 saturated heterocycles. The van der Waals surface area contributed by atoms with E-state index in [0.29, 0.717) is 6.54 Å². The van der Waals surface area contributed by atoms with Crippen molar-refractivity contribution in [3.05, 3.63) is 24.4 Å². The van der Waals surface area contributed by atoms with Crippen LogP contribution in [-0.4, -0.2) is 35.9 Å². The van der Waals surface area contributed by atoms with E-state index in [2.05, 4.69) is 10.3 Å². The summed E-state index contributed by atoms with van der Waals surface area (Å²) < 4.78 is 0. The van der Waals surface area contributed by atoms with Crippen molar-refractivity contribution in [3.8, 4) is 0 Å². The van der Waals surface area contributed by atoms with E-state index in [1.807, 2.05) is 25.1 Å². The molecule has 14 heavy (non-hydrogen) atoms. The molecule has 0 aliphatic rings. The largest absolute Gasteiger partial charge is 0.361 e. The second-order valence-corrected chi connectivity index (χ2v) is 2.98. The summed E-state index contributed by atoms with van der Waals surface area (Å²) >= 11 is 0. The van der Waals surface area contributed by atoms with Crippen LogP contribution in [0.2, 0.25) is 0 Å².